The topological polar surface area (TPSA) is 69.8 Å². The van der Waals surface area contributed by atoms with Crippen LogP contribution in [0.25, 0.3) is 0 Å². The molecule has 1 aromatic carbocycles. The van der Waals surface area contributed by atoms with E-state index in [2.05, 4.69) is 20.6 Å². The molecule has 0 saturated carbocycles. The van der Waals surface area contributed by atoms with Crippen molar-refractivity contribution in [2.45, 2.75) is 20.4 Å². The number of amides is 1. The summed E-state index contributed by atoms with van der Waals surface area (Å²) in [6.45, 7) is 5.10. The Balaban J connectivity index is 2.00. The molecular weight excluding hydrogens is 240 g/mol. The Labute approximate surface area is 112 Å². The number of aromatic amines is 1. The largest absolute Gasteiger partial charge is 0.379 e. The van der Waals surface area contributed by atoms with Crippen LogP contribution in [0, 0.1) is 6.92 Å². The summed E-state index contributed by atoms with van der Waals surface area (Å²) >= 11 is 0. The molecule has 2 rings (SSSR count). The van der Waals surface area contributed by atoms with E-state index in [1.807, 2.05) is 32.0 Å². The van der Waals surface area contributed by atoms with Gasteiger partial charge in [0.2, 0.25) is 0 Å². The van der Waals surface area contributed by atoms with Crippen molar-refractivity contribution in [1.82, 2.24) is 15.3 Å². The van der Waals surface area contributed by atoms with Crippen molar-refractivity contribution in [3.8, 4) is 0 Å². The molecule has 1 aromatic heterocycles. The van der Waals surface area contributed by atoms with Gasteiger partial charge in [-0.2, -0.15) is 0 Å². The summed E-state index contributed by atoms with van der Waals surface area (Å²) in [5.41, 5.74) is 2.59. The molecule has 0 bridgehead atoms. The van der Waals surface area contributed by atoms with Crippen LogP contribution in [-0.2, 0) is 6.54 Å². The molecule has 100 valence electrons. The van der Waals surface area contributed by atoms with Crippen LogP contribution in [-0.4, -0.2) is 22.4 Å². The number of rotatable bonds is 5. The molecule has 0 fully saturated rings. The fourth-order valence-corrected chi connectivity index (χ4v) is 1.79. The predicted octanol–water partition coefficient (Wildman–Crippen LogP) is 2.08. The third-order valence-electron chi connectivity index (χ3n) is 2.70. The fraction of sp³-hybridized carbons (Fsp3) is 0.286. The average Bonchev–Trinajstić information content (AvgIpc) is 2.83. The normalized spacial score (nSPS) is 10.2. The van der Waals surface area contributed by atoms with Gasteiger partial charge in [-0.1, -0.05) is 6.07 Å². The number of carbonyl (C=O) groups is 1. The van der Waals surface area contributed by atoms with Crippen molar-refractivity contribution >= 4 is 11.6 Å². The van der Waals surface area contributed by atoms with Gasteiger partial charge in [-0.3, -0.25) is 4.79 Å². The van der Waals surface area contributed by atoms with E-state index in [0.717, 1.165) is 17.2 Å². The average molecular weight is 258 g/mol. The van der Waals surface area contributed by atoms with Gasteiger partial charge in [-0.25, -0.2) is 4.98 Å². The van der Waals surface area contributed by atoms with Crippen molar-refractivity contribution in [2.75, 3.05) is 11.9 Å². The molecule has 0 unspecified atom stereocenters. The first-order valence-electron chi connectivity index (χ1n) is 6.31. The number of benzene rings is 1. The zero-order chi connectivity index (χ0) is 13.7. The Morgan fingerprint density at radius 3 is 2.95 bits per heavy atom. The molecule has 0 aliphatic heterocycles. The van der Waals surface area contributed by atoms with Gasteiger partial charge in [-0.15, -0.1) is 0 Å². The quantitative estimate of drug-likeness (QED) is 0.769. The Morgan fingerprint density at radius 2 is 2.26 bits per heavy atom. The van der Waals surface area contributed by atoms with Crippen molar-refractivity contribution in [3.63, 3.8) is 0 Å². The summed E-state index contributed by atoms with van der Waals surface area (Å²) in [6, 6.07) is 7.45. The molecule has 1 amide bonds. The third kappa shape index (κ3) is 3.58. The number of aryl methyl sites for hydroxylation is 1. The second-order valence-electron chi connectivity index (χ2n) is 4.29. The van der Waals surface area contributed by atoms with E-state index in [4.69, 9.17) is 0 Å². The zero-order valence-electron chi connectivity index (χ0n) is 11.2. The molecule has 5 heteroatoms. The first-order valence-corrected chi connectivity index (χ1v) is 6.31. The lowest BCUT2D eigenvalue weighted by atomic mass is 10.2. The smallest absolute Gasteiger partial charge is 0.251 e. The van der Waals surface area contributed by atoms with Gasteiger partial charge in [0.15, 0.2) is 0 Å². The number of hydrogen-bond donors (Lipinski definition) is 3. The Kier molecular flexibility index (Phi) is 4.18. The van der Waals surface area contributed by atoms with Crippen LogP contribution in [0.1, 0.15) is 28.8 Å². The van der Waals surface area contributed by atoms with Crippen molar-refractivity contribution < 1.29 is 4.79 Å². The predicted molar refractivity (Wildman–Crippen MR) is 75.1 cm³/mol. The van der Waals surface area contributed by atoms with Crippen molar-refractivity contribution in [2.24, 2.45) is 0 Å². The van der Waals surface area contributed by atoms with Crippen LogP contribution in [0.4, 0.5) is 5.69 Å². The highest BCUT2D eigenvalue weighted by atomic mass is 16.1. The highest BCUT2D eigenvalue weighted by Crippen LogP contribution is 2.11. The van der Waals surface area contributed by atoms with Gasteiger partial charge in [0.25, 0.3) is 5.91 Å². The van der Waals surface area contributed by atoms with Gasteiger partial charge in [0.05, 0.1) is 18.4 Å². The van der Waals surface area contributed by atoms with Crippen LogP contribution in [0.3, 0.4) is 0 Å². The van der Waals surface area contributed by atoms with Crippen LogP contribution < -0.4 is 10.6 Å². The Morgan fingerprint density at radius 1 is 1.42 bits per heavy atom. The van der Waals surface area contributed by atoms with E-state index >= 15 is 0 Å². The summed E-state index contributed by atoms with van der Waals surface area (Å²) < 4.78 is 0. The van der Waals surface area contributed by atoms with E-state index in [1.54, 1.807) is 12.3 Å². The lowest BCUT2D eigenvalue weighted by Gasteiger charge is -2.07. The van der Waals surface area contributed by atoms with Crippen molar-refractivity contribution in [1.29, 1.82) is 0 Å². The molecule has 0 spiro atoms. The van der Waals surface area contributed by atoms with Crippen LogP contribution in [0.5, 0.6) is 0 Å². The molecule has 5 nitrogen and oxygen atoms in total. The van der Waals surface area contributed by atoms with Gasteiger partial charge in [0.1, 0.15) is 5.82 Å². The Bertz CT molecular complexity index is 562. The number of nitrogens with zero attached hydrogens (tertiary/aromatic N) is 1. The maximum absolute atomic E-state index is 11.7. The first kappa shape index (κ1) is 13.1. The summed E-state index contributed by atoms with van der Waals surface area (Å²) in [5.74, 6) is 0.844. The molecular formula is C14H18N4O. The second kappa shape index (κ2) is 6.04. The van der Waals surface area contributed by atoms with Gasteiger partial charge < -0.3 is 15.6 Å². The number of H-pyrrole nitrogens is 1. The van der Waals surface area contributed by atoms with Crippen molar-refractivity contribution in [3.05, 3.63) is 47.5 Å². The molecule has 0 radical (unpaired) electrons. The van der Waals surface area contributed by atoms with E-state index in [1.165, 1.54) is 0 Å². The standard InChI is InChI=1S/C14H18N4O/c1-3-15-14(19)11-5-4-6-12(7-11)17-9-13-8-16-10(2)18-13/h4-8,17H,3,9H2,1-2H3,(H,15,19)(H,16,18). The van der Waals surface area contributed by atoms with E-state index in [9.17, 15) is 4.79 Å². The molecule has 1 heterocycles. The molecule has 0 atom stereocenters. The van der Waals surface area contributed by atoms with Gasteiger partial charge in [0, 0.05) is 17.8 Å². The van der Waals surface area contributed by atoms with Crippen LogP contribution in [0.15, 0.2) is 30.5 Å². The third-order valence-corrected chi connectivity index (χ3v) is 2.70. The zero-order valence-corrected chi connectivity index (χ0v) is 11.2. The monoisotopic (exact) mass is 258 g/mol. The fourth-order valence-electron chi connectivity index (χ4n) is 1.79. The van der Waals surface area contributed by atoms with Gasteiger partial charge >= 0.3 is 0 Å². The minimum atomic E-state index is -0.0523. The van der Waals surface area contributed by atoms with Crippen LogP contribution >= 0.6 is 0 Å². The Hall–Kier alpha value is -2.30. The highest BCUT2D eigenvalue weighted by molar-refractivity contribution is 5.95. The minimum Gasteiger partial charge on any atom is -0.379 e. The number of nitrogens with one attached hydrogen (secondary N) is 3. The molecule has 0 saturated heterocycles. The second-order valence-corrected chi connectivity index (χ2v) is 4.29. The minimum absolute atomic E-state index is 0.0523. The first-order chi connectivity index (χ1) is 9.19. The van der Waals surface area contributed by atoms with Gasteiger partial charge in [-0.05, 0) is 32.0 Å². The number of anilines is 1. The highest BCUT2D eigenvalue weighted by Gasteiger charge is 2.04. The maximum Gasteiger partial charge on any atom is 0.251 e. The number of carbonyl (C=O) groups excluding carboxylic acids is 1. The summed E-state index contributed by atoms with van der Waals surface area (Å²) in [6.07, 6.45) is 1.80. The summed E-state index contributed by atoms with van der Waals surface area (Å²) in [4.78, 5) is 19.0. The van der Waals surface area contributed by atoms with E-state index in [0.29, 0.717) is 18.7 Å². The lowest BCUT2D eigenvalue weighted by molar-refractivity contribution is 0.0956. The van der Waals surface area contributed by atoms with Crippen LogP contribution in [0.2, 0.25) is 0 Å². The summed E-state index contributed by atoms with van der Waals surface area (Å²) in [7, 11) is 0. The van der Waals surface area contributed by atoms with E-state index in [-0.39, 0.29) is 5.91 Å². The van der Waals surface area contributed by atoms with E-state index < -0.39 is 0 Å². The molecule has 0 aliphatic carbocycles. The number of hydrogen-bond acceptors (Lipinski definition) is 3. The lowest BCUT2D eigenvalue weighted by Crippen LogP contribution is -2.22. The molecule has 0 aliphatic rings. The molecule has 3 N–H and O–H groups in total. The number of imidazole rings is 1. The molecule has 2 aromatic rings. The number of aromatic nitrogens is 2. The summed E-state index contributed by atoms with van der Waals surface area (Å²) in [5, 5.41) is 6.04. The molecule has 19 heavy (non-hydrogen) atoms. The SMILES string of the molecule is CCNC(=O)c1cccc(NCc2cnc(C)[nH]2)c1. The maximum atomic E-state index is 11.7.